The van der Waals surface area contributed by atoms with Crippen molar-refractivity contribution >= 4 is 0 Å². The summed E-state index contributed by atoms with van der Waals surface area (Å²) in [5.74, 6) is 0. The molecule has 1 heterocycles. The minimum Gasteiger partial charge on any atom is -0.372 e. The summed E-state index contributed by atoms with van der Waals surface area (Å²) >= 11 is 0. The van der Waals surface area contributed by atoms with Crippen LogP contribution in [0.1, 0.15) is 44.4 Å². The maximum absolute atomic E-state index is 5.94. The van der Waals surface area contributed by atoms with Crippen LogP contribution in [0.2, 0.25) is 0 Å². The van der Waals surface area contributed by atoms with Gasteiger partial charge < -0.3 is 10.1 Å². The van der Waals surface area contributed by atoms with E-state index in [4.69, 9.17) is 4.74 Å². The van der Waals surface area contributed by atoms with Crippen LogP contribution in [0.15, 0.2) is 24.3 Å². The van der Waals surface area contributed by atoms with E-state index < -0.39 is 0 Å². The Bertz CT molecular complexity index is 356. The topological polar surface area (TPSA) is 21.3 Å². The van der Waals surface area contributed by atoms with Crippen LogP contribution in [0.25, 0.3) is 0 Å². The molecule has 0 spiro atoms. The summed E-state index contributed by atoms with van der Waals surface area (Å²) in [5, 5.41) is 3.57. The van der Waals surface area contributed by atoms with Crippen molar-refractivity contribution in [3.63, 3.8) is 0 Å². The molecule has 1 aromatic rings. The molecule has 2 heteroatoms. The van der Waals surface area contributed by atoms with E-state index >= 15 is 0 Å². The van der Waals surface area contributed by atoms with Gasteiger partial charge in [-0.15, -0.1) is 0 Å². The highest BCUT2D eigenvalue weighted by Crippen LogP contribution is 2.23. The predicted octanol–water partition coefficient (Wildman–Crippen LogP) is 3.08. The van der Waals surface area contributed by atoms with Gasteiger partial charge in [0.15, 0.2) is 0 Å². The van der Waals surface area contributed by atoms with Gasteiger partial charge in [-0.2, -0.15) is 0 Å². The fraction of sp³-hybridized carbons (Fsp3) is 0.600. The molecular formula is C15H23NO. The molecule has 1 aromatic carbocycles. The molecule has 1 saturated heterocycles. The van der Waals surface area contributed by atoms with E-state index in [0.717, 1.165) is 26.0 Å². The normalized spacial score (nSPS) is 24.3. The lowest BCUT2D eigenvalue weighted by Gasteiger charge is -2.23. The van der Waals surface area contributed by atoms with Crippen molar-refractivity contribution in [2.24, 2.45) is 0 Å². The average molecular weight is 233 g/mol. The first kappa shape index (κ1) is 12.6. The zero-order chi connectivity index (χ0) is 12.3. The lowest BCUT2D eigenvalue weighted by molar-refractivity contribution is 0.0656. The molecule has 2 nitrogen and oxygen atoms in total. The van der Waals surface area contributed by atoms with Crippen molar-refractivity contribution in [3.8, 4) is 0 Å². The fourth-order valence-electron chi connectivity index (χ4n) is 2.15. The highest BCUT2D eigenvalue weighted by molar-refractivity contribution is 5.24. The van der Waals surface area contributed by atoms with Crippen molar-refractivity contribution in [1.29, 1.82) is 0 Å². The molecule has 0 radical (unpaired) electrons. The second-order valence-corrected chi connectivity index (χ2v) is 5.47. The highest BCUT2D eigenvalue weighted by atomic mass is 16.5. The molecule has 0 aliphatic carbocycles. The van der Waals surface area contributed by atoms with E-state index in [1.165, 1.54) is 11.1 Å². The molecular weight excluding hydrogens is 210 g/mol. The molecule has 0 aromatic heterocycles. The van der Waals surface area contributed by atoms with Crippen molar-refractivity contribution in [2.75, 3.05) is 13.2 Å². The second-order valence-electron chi connectivity index (χ2n) is 5.47. The lowest BCUT2D eigenvalue weighted by Crippen LogP contribution is -2.39. The molecule has 1 aliphatic rings. The number of benzene rings is 1. The van der Waals surface area contributed by atoms with Crippen LogP contribution in [0.5, 0.6) is 0 Å². The van der Waals surface area contributed by atoms with Crippen molar-refractivity contribution in [3.05, 3.63) is 35.4 Å². The SMILES string of the molecule is CCc1ccc(C2CNC(C)(C)CCO2)cc1. The zero-order valence-electron chi connectivity index (χ0n) is 11.1. The number of aryl methyl sites for hydroxylation is 1. The molecule has 17 heavy (non-hydrogen) atoms. The third-order valence-electron chi connectivity index (χ3n) is 3.57. The van der Waals surface area contributed by atoms with Gasteiger partial charge in [-0.25, -0.2) is 0 Å². The van der Waals surface area contributed by atoms with Gasteiger partial charge in [0.2, 0.25) is 0 Å². The Labute approximate surface area is 104 Å². The first-order valence-electron chi connectivity index (χ1n) is 6.56. The van der Waals surface area contributed by atoms with E-state index in [0.29, 0.717) is 0 Å². The summed E-state index contributed by atoms with van der Waals surface area (Å²) in [6, 6.07) is 8.80. The largest absolute Gasteiger partial charge is 0.372 e. The molecule has 0 saturated carbocycles. The van der Waals surface area contributed by atoms with Gasteiger partial charge in [-0.1, -0.05) is 31.2 Å². The van der Waals surface area contributed by atoms with Crippen LogP contribution < -0.4 is 5.32 Å². The molecule has 2 rings (SSSR count). The molecule has 94 valence electrons. The Kier molecular flexibility index (Phi) is 3.85. The van der Waals surface area contributed by atoms with Crippen LogP contribution in [0.4, 0.5) is 0 Å². The van der Waals surface area contributed by atoms with Crippen LogP contribution in [0.3, 0.4) is 0 Å². The van der Waals surface area contributed by atoms with Gasteiger partial charge in [0, 0.05) is 18.7 Å². The molecule has 1 aliphatic heterocycles. The summed E-state index contributed by atoms with van der Waals surface area (Å²) in [6.07, 6.45) is 2.36. The maximum Gasteiger partial charge on any atom is 0.0949 e. The van der Waals surface area contributed by atoms with Crippen LogP contribution in [-0.4, -0.2) is 18.7 Å². The molecule has 0 bridgehead atoms. The second kappa shape index (κ2) is 5.19. The van der Waals surface area contributed by atoms with Gasteiger partial charge in [-0.05, 0) is 37.8 Å². The number of hydrogen-bond acceptors (Lipinski definition) is 2. The monoisotopic (exact) mass is 233 g/mol. The molecule has 1 N–H and O–H groups in total. The Balaban J connectivity index is 2.06. The summed E-state index contributed by atoms with van der Waals surface area (Å²) in [4.78, 5) is 0. The Morgan fingerprint density at radius 3 is 2.65 bits per heavy atom. The Hall–Kier alpha value is -0.860. The van der Waals surface area contributed by atoms with Gasteiger partial charge in [-0.3, -0.25) is 0 Å². The smallest absolute Gasteiger partial charge is 0.0949 e. The molecule has 0 amide bonds. The Morgan fingerprint density at radius 2 is 2.00 bits per heavy atom. The minimum atomic E-state index is 0.193. The quantitative estimate of drug-likeness (QED) is 0.847. The first-order chi connectivity index (χ1) is 8.11. The van der Waals surface area contributed by atoms with Crippen LogP contribution in [-0.2, 0) is 11.2 Å². The average Bonchev–Trinajstić information content (AvgIpc) is 2.50. The van der Waals surface area contributed by atoms with Crippen LogP contribution in [0, 0.1) is 0 Å². The number of nitrogens with one attached hydrogen (secondary N) is 1. The summed E-state index contributed by atoms with van der Waals surface area (Å²) in [5.41, 5.74) is 2.86. The van der Waals surface area contributed by atoms with Gasteiger partial charge >= 0.3 is 0 Å². The molecule has 1 fully saturated rings. The summed E-state index contributed by atoms with van der Waals surface area (Å²) < 4.78 is 5.94. The van der Waals surface area contributed by atoms with E-state index in [9.17, 15) is 0 Å². The standard InChI is InChI=1S/C15H23NO/c1-4-12-5-7-13(8-6-12)14-11-16-15(2,3)9-10-17-14/h5-8,14,16H,4,9-11H2,1-3H3. The fourth-order valence-corrected chi connectivity index (χ4v) is 2.15. The number of ether oxygens (including phenoxy) is 1. The predicted molar refractivity (Wildman–Crippen MR) is 71.2 cm³/mol. The summed E-state index contributed by atoms with van der Waals surface area (Å²) in [6.45, 7) is 8.39. The number of rotatable bonds is 2. The third-order valence-corrected chi connectivity index (χ3v) is 3.57. The lowest BCUT2D eigenvalue weighted by atomic mass is 10.0. The van der Waals surface area contributed by atoms with E-state index in [1.807, 2.05) is 0 Å². The number of hydrogen-bond donors (Lipinski definition) is 1. The van der Waals surface area contributed by atoms with Crippen molar-refractivity contribution < 1.29 is 4.74 Å². The third kappa shape index (κ3) is 3.30. The van der Waals surface area contributed by atoms with Gasteiger partial charge in [0.25, 0.3) is 0 Å². The van der Waals surface area contributed by atoms with E-state index in [-0.39, 0.29) is 11.6 Å². The van der Waals surface area contributed by atoms with Crippen LogP contribution >= 0.6 is 0 Å². The van der Waals surface area contributed by atoms with E-state index in [1.54, 1.807) is 0 Å². The van der Waals surface area contributed by atoms with Gasteiger partial charge in [0.05, 0.1) is 6.10 Å². The van der Waals surface area contributed by atoms with E-state index in [2.05, 4.69) is 50.4 Å². The molecule has 1 atom stereocenters. The van der Waals surface area contributed by atoms with Crippen molar-refractivity contribution in [2.45, 2.75) is 45.3 Å². The minimum absolute atomic E-state index is 0.193. The Morgan fingerprint density at radius 1 is 1.29 bits per heavy atom. The highest BCUT2D eigenvalue weighted by Gasteiger charge is 2.24. The zero-order valence-corrected chi connectivity index (χ0v) is 11.1. The first-order valence-corrected chi connectivity index (χ1v) is 6.56. The van der Waals surface area contributed by atoms with Crippen molar-refractivity contribution in [1.82, 2.24) is 5.32 Å². The van der Waals surface area contributed by atoms with Gasteiger partial charge in [0.1, 0.15) is 0 Å². The summed E-state index contributed by atoms with van der Waals surface area (Å²) in [7, 11) is 0. The maximum atomic E-state index is 5.94. The molecule has 1 unspecified atom stereocenters.